The van der Waals surface area contributed by atoms with E-state index in [9.17, 15) is 9.60 Å². The van der Waals surface area contributed by atoms with Crippen LogP contribution < -0.4 is 10.8 Å². The van der Waals surface area contributed by atoms with Crippen LogP contribution >= 0.6 is 0 Å². The Kier molecular flexibility index (Phi) is 3.89. The van der Waals surface area contributed by atoms with Crippen molar-refractivity contribution in [2.75, 3.05) is 11.9 Å². The Morgan fingerprint density at radius 2 is 2.25 bits per heavy atom. The van der Waals surface area contributed by atoms with Crippen LogP contribution in [0.15, 0.2) is 27.8 Å². The van der Waals surface area contributed by atoms with Gasteiger partial charge in [-0.25, -0.2) is 9.02 Å². The molecule has 3 N–H and O–H groups in total. The second-order valence-electron chi connectivity index (χ2n) is 6.28. The topological polar surface area (TPSA) is 95.6 Å². The van der Waals surface area contributed by atoms with Crippen molar-refractivity contribution in [1.29, 1.82) is 0 Å². The molecular formula is C16H18FN5O2. The lowest BCUT2D eigenvalue weighted by Crippen LogP contribution is -2.30. The van der Waals surface area contributed by atoms with E-state index in [-0.39, 0.29) is 17.6 Å². The highest BCUT2D eigenvalue weighted by molar-refractivity contribution is 6.00. The lowest BCUT2D eigenvalue weighted by Gasteiger charge is -2.29. The van der Waals surface area contributed by atoms with Crippen LogP contribution in [0.1, 0.15) is 42.0 Å². The van der Waals surface area contributed by atoms with Crippen molar-refractivity contribution in [3.8, 4) is 0 Å². The third kappa shape index (κ3) is 2.73. The Bertz CT molecular complexity index is 772. The van der Waals surface area contributed by atoms with Gasteiger partial charge in [-0.05, 0) is 59.3 Å². The minimum Gasteiger partial charge on any atom is -0.363 e. The number of nitrogens with one attached hydrogen (secondary N) is 2. The monoisotopic (exact) mass is 331 g/mol. The number of amidine groups is 1. The molecule has 0 spiro atoms. The van der Waals surface area contributed by atoms with Crippen molar-refractivity contribution in [3.63, 3.8) is 0 Å². The minimum atomic E-state index is -0.240. The van der Waals surface area contributed by atoms with E-state index >= 15 is 0 Å². The molecule has 1 atom stereocenters. The molecule has 1 aromatic heterocycles. The van der Waals surface area contributed by atoms with Crippen LogP contribution in [0.5, 0.6) is 0 Å². The van der Waals surface area contributed by atoms with E-state index in [1.54, 1.807) is 12.1 Å². The summed E-state index contributed by atoms with van der Waals surface area (Å²) in [5.41, 5.74) is 4.53. The summed E-state index contributed by atoms with van der Waals surface area (Å²) in [4.78, 5) is 4.38. The molecule has 1 heterocycles. The number of rotatable bonds is 5. The maximum atomic E-state index is 13.3. The van der Waals surface area contributed by atoms with Gasteiger partial charge in [-0.1, -0.05) is 6.07 Å². The maximum Gasteiger partial charge on any atom is 0.202 e. The van der Waals surface area contributed by atoms with Crippen molar-refractivity contribution in [3.05, 3.63) is 40.8 Å². The average molecular weight is 331 g/mol. The SMILES string of the molecule is ONC(=NC[C@H]1Cc2ccc(F)cc21)c1nonc1NC1CCC1. The molecule has 8 heteroatoms. The highest BCUT2D eigenvalue weighted by Crippen LogP contribution is 2.35. The summed E-state index contributed by atoms with van der Waals surface area (Å²) >= 11 is 0. The van der Waals surface area contributed by atoms with Gasteiger partial charge in [0.15, 0.2) is 11.5 Å². The number of hydroxylamine groups is 1. The molecule has 0 radical (unpaired) electrons. The van der Waals surface area contributed by atoms with Crippen LogP contribution in [0.25, 0.3) is 0 Å². The van der Waals surface area contributed by atoms with Crippen LogP contribution in [0, 0.1) is 5.82 Å². The van der Waals surface area contributed by atoms with Gasteiger partial charge in [0.1, 0.15) is 5.82 Å². The molecule has 4 rings (SSSR count). The van der Waals surface area contributed by atoms with E-state index in [0.717, 1.165) is 30.4 Å². The van der Waals surface area contributed by atoms with Crippen LogP contribution in [-0.2, 0) is 6.42 Å². The summed E-state index contributed by atoms with van der Waals surface area (Å²) < 4.78 is 18.1. The van der Waals surface area contributed by atoms with Gasteiger partial charge in [-0.15, -0.1) is 0 Å². The fourth-order valence-corrected chi connectivity index (χ4v) is 3.09. The van der Waals surface area contributed by atoms with E-state index in [0.29, 0.717) is 24.1 Å². The molecule has 1 fully saturated rings. The summed E-state index contributed by atoms with van der Waals surface area (Å²) in [6.45, 7) is 0.426. The highest BCUT2D eigenvalue weighted by atomic mass is 19.1. The molecule has 1 saturated carbocycles. The minimum absolute atomic E-state index is 0.141. The molecule has 1 aromatic carbocycles. The zero-order chi connectivity index (χ0) is 16.5. The number of anilines is 1. The Morgan fingerprint density at radius 3 is 3.00 bits per heavy atom. The zero-order valence-electron chi connectivity index (χ0n) is 13.0. The number of halogens is 1. The van der Waals surface area contributed by atoms with Gasteiger partial charge in [0.05, 0.1) is 0 Å². The van der Waals surface area contributed by atoms with Crippen molar-refractivity contribution < 1.29 is 14.2 Å². The molecule has 0 unspecified atom stereocenters. The molecule has 0 saturated heterocycles. The lowest BCUT2D eigenvalue weighted by atomic mass is 9.77. The third-order valence-electron chi connectivity index (χ3n) is 4.75. The standard InChI is InChI=1S/C16H18FN5O2/c17-11-5-4-9-6-10(13(9)7-11)8-18-15(20-23)14-16(22-24-21-14)19-12-2-1-3-12/h4-5,7,10,12,23H,1-3,6,8H2,(H,18,20)(H,19,22)/t10-/m1/s1. The molecule has 0 amide bonds. The second-order valence-corrected chi connectivity index (χ2v) is 6.28. The Hall–Kier alpha value is -2.48. The number of benzene rings is 1. The number of hydrogen-bond acceptors (Lipinski definition) is 6. The normalized spacial score (nSPS) is 20.1. The number of hydrogen-bond donors (Lipinski definition) is 3. The smallest absolute Gasteiger partial charge is 0.202 e. The first-order chi connectivity index (χ1) is 11.7. The number of aromatic nitrogens is 2. The molecule has 126 valence electrons. The molecular weight excluding hydrogens is 313 g/mol. The number of aliphatic imine (C=N–C) groups is 1. The van der Waals surface area contributed by atoms with Crippen molar-refractivity contribution in [2.24, 2.45) is 4.99 Å². The number of fused-ring (bicyclic) bond motifs is 1. The van der Waals surface area contributed by atoms with Gasteiger partial charge >= 0.3 is 0 Å². The third-order valence-corrected chi connectivity index (χ3v) is 4.75. The predicted octanol–water partition coefficient (Wildman–Crippen LogP) is 2.24. The summed E-state index contributed by atoms with van der Waals surface area (Å²) in [6, 6.07) is 5.18. The Morgan fingerprint density at radius 1 is 1.38 bits per heavy atom. The van der Waals surface area contributed by atoms with Gasteiger partial charge in [0.2, 0.25) is 5.82 Å². The van der Waals surface area contributed by atoms with E-state index in [4.69, 9.17) is 4.63 Å². The lowest BCUT2D eigenvalue weighted by molar-refractivity contribution is 0.233. The second kappa shape index (κ2) is 6.20. The maximum absolute atomic E-state index is 13.3. The molecule has 24 heavy (non-hydrogen) atoms. The Labute approximate surface area is 137 Å². The summed E-state index contributed by atoms with van der Waals surface area (Å²) in [5, 5.41) is 20.3. The van der Waals surface area contributed by atoms with Crippen LogP contribution in [0.3, 0.4) is 0 Å². The van der Waals surface area contributed by atoms with Crippen molar-refractivity contribution in [2.45, 2.75) is 37.6 Å². The van der Waals surface area contributed by atoms with Gasteiger partial charge < -0.3 is 5.32 Å². The predicted molar refractivity (Wildman–Crippen MR) is 84.7 cm³/mol. The molecule has 2 aromatic rings. The first kappa shape index (κ1) is 15.1. The van der Waals surface area contributed by atoms with Crippen LogP contribution in [-0.4, -0.2) is 33.9 Å². The molecule has 2 aliphatic carbocycles. The highest BCUT2D eigenvalue weighted by Gasteiger charge is 2.27. The van der Waals surface area contributed by atoms with Crippen LogP contribution in [0.2, 0.25) is 0 Å². The van der Waals surface area contributed by atoms with Crippen molar-refractivity contribution >= 4 is 11.7 Å². The van der Waals surface area contributed by atoms with Crippen LogP contribution in [0.4, 0.5) is 10.2 Å². The van der Waals surface area contributed by atoms with Gasteiger partial charge in [-0.3, -0.25) is 15.7 Å². The number of nitrogens with zero attached hydrogens (tertiary/aromatic N) is 3. The summed E-state index contributed by atoms with van der Waals surface area (Å²) in [7, 11) is 0. The van der Waals surface area contributed by atoms with E-state index in [1.807, 2.05) is 0 Å². The van der Waals surface area contributed by atoms with E-state index < -0.39 is 0 Å². The van der Waals surface area contributed by atoms with E-state index in [1.165, 1.54) is 12.5 Å². The van der Waals surface area contributed by atoms with Gasteiger partial charge in [-0.2, -0.15) is 0 Å². The first-order valence-corrected chi connectivity index (χ1v) is 8.07. The quantitative estimate of drug-likeness (QED) is 0.442. The fraction of sp³-hybridized carbons (Fsp3) is 0.438. The summed E-state index contributed by atoms with van der Waals surface area (Å²) in [5.74, 6) is 0.570. The molecule has 0 bridgehead atoms. The molecule has 7 nitrogen and oxygen atoms in total. The molecule has 0 aliphatic heterocycles. The van der Waals surface area contributed by atoms with E-state index in [2.05, 4.69) is 26.1 Å². The van der Waals surface area contributed by atoms with Gasteiger partial charge in [0, 0.05) is 18.5 Å². The zero-order valence-corrected chi connectivity index (χ0v) is 13.0. The van der Waals surface area contributed by atoms with Gasteiger partial charge in [0.25, 0.3) is 0 Å². The Balaban J connectivity index is 1.48. The summed E-state index contributed by atoms with van der Waals surface area (Å²) in [6.07, 6.45) is 4.20. The fourth-order valence-electron chi connectivity index (χ4n) is 3.09. The largest absolute Gasteiger partial charge is 0.363 e. The van der Waals surface area contributed by atoms with Crippen molar-refractivity contribution in [1.82, 2.24) is 15.8 Å². The average Bonchev–Trinajstić information content (AvgIpc) is 2.98. The molecule has 2 aliphatic rings. The first-order valence-electron chi connectivity index (χ1n) is 8.07.